The summed E-state index contributed by atoms with van der Waals surface area (Å²) < 4.78 is 13.4. The molecule has 2 aromatic heterocycles. The molecule has 1 N–H and O–H groups in total. The Labute approximate surface area is 140 Å². The number of aryl methyl sites for hydroxylation is 2. The summed E-state index contributed by atoms with van der Waals surface area (Å²) >= 11 is 0. The minimum Gasteiger partial charge on any atom is -0.371 e. The van der Waals surface area contributed by atoms with E-state index in [1.54, 1.807) is 6.20 Å². The van der Waals surface area contributed by atoms with Crippen molar-refractivity contribution in [1.29, 1.82) is 0 Å². The maximum Gasteiger partial charge on any atom is 0.125 e. The maximum atomic E-state index is 13.4. The molecule has 0 amide bonds. The molecule has 24 heavy (non-hydrogen) atoms. The maximum absolute atomic E-state index is 13.4. The van der Waals surface area contributed by atoms with Gasteiger partial charge in [-0.15, -0.1) is 0 Å². The molecule has 3 heterocycles. The first kappa shape index (κ1) is 15.1. The van der Waals surface area contributed by atoms with E-state index >= 15 is 0 Å². The number of halogens is 1. The first-order chi connectivity index (χ1) is 11.6. The lowest BCUT2D eigenvalue weighted by atomic mass is 9.95. The summed E-state index contributed by atoms with van der Waals surface area (Å²) in [5.41, 5.74) is 4.11. The Morgan fingerprint density at radius 1 is 1.17 bits per heavy atom. The van der Waals surface area contributed by atoms with Gasteiger partial charge in [0.2, 0.25) is 0 Å². The van der Waals surface area contributed by atoms with E-state index in [1.807, 2.05) is 19.1 Å². The van der Waals surface area contributed by atoms with Crippen LogP contribution in [0.15, 0.2) is 30.5 Å². The summed E-state index contributed by atoms with van der Waals surface area (Å²) in [6.07, 6.45) is 3.90. The molecule has 4 nitrogen and oxygen atoms in total. The summed E-state index contributed by atoms with van der Waals surface area (Å²) in [7, 11) is 0. The van der Waals surface area contributed by atoms with E-state index in [-0.39, 0.29) is 5.82 Å². The van der Waals surface area contributed by atoms with Gasteiger partial charge in [0.1, 0.15) is 11.6 Å². The van der Waals surface area contributed by atoms with Crippen molar-refractivity contribution in [3.63, 3.8) is 0 Å². The van der Waals surface area contributed by atoms with E-state index in [1.165, 1.54) is 12.1 Å². The highest BCUT2D eigenvalue weighted by Crippen LogP contribution is 2.32. The molecule has 0 saturated carbocycles. The van der Waals surface area contributed by atoms with Crippen molar-refractivity contribution in [2.75, 3.05) is 18.0 Å². The van der Waals surface area contributed by atoms with Crippen LogP contribution < -0.4 is 4.90 Å². The van der Waals surface area contributed by atoms with Gasteiger partial charge in [-0.2, -0.15) is 0 Å². The number of benzene rings is 1. The quantitative estimate of drug-likeness (QED) is 0.772. The number of piperidine rings is 1. The summed E-state index contributed by atoms with van der Waals surface area (Å²) in [6, 6.07) is 6.87. The molecular weight excluding hydrogens is 303 g/mol. The molecule has 0 atom stereocenters. The van der Waals surface area contributed by atoms with Crippen LogP contribution in [-0.4, -0.2) is 28.0 Å². The van der Waals surface area contributed by atoms with E-state index in [0.29, 0.717) is 11.4 Å². The molecule has 0 unspecified atom stereocenters. The molecule has 124 valence electrons. The summed E-state index contributed by atoms with van der Waals surface area (Å²) in [6.45, 7) is 6.07. The SMILES string of the molecule is Cc1nc(C2CCN(c3ccnc4cc(F)ccc34)CC2)[nH]c1C. The third kappa shape index (κ3) is 2.64. The van der Waals surface area contributed by atoms with Gasteiger partial charge >= 0.3 is 0 Å². The van der Waals surface area contributed by atoms with Crippen LogP contribution in [0.3, 0.4) is 0 Å². The number of fused-ring (bicyclic) bond motifs is 1. The van der Waals surface area contributed by atoms with Crippen molar-refractivity contribution in [3.05, 3.63) is 53.5 Å². The van der Waals surface area contributed by atoms with Gasteiger partial charge in [-0.25, -0.2) is 9.37 Å². The standard InChI is InChI=1S/C19H21FN4/c1-12-13(2)23-19(22-12)14-6-9-24(10-7-14)18-5-8-21-17-11-15(20)3-4-16(17)18/h3-5,8,11,14H,6-7,9-10H2,1-2H3,(H,22,23). The minimum absolute atomic E-state index is 0.241. The molecule has 5 heteroatoms. The molecule has 0 radical (unpaired) electrons. The number of nitrogens with zero attached hydrogens (tertiary/aromatic N) is 3. The highest BCUT2D eigenvalue weighted by Gasteiger charge is 2.24. The zero-order chi connectivity index (χ0) is 16.7. The Hall–Kier alpha value is -2.43. The van der Waals surface area contributed by atoms with E-state index in [9.17, 15) is 4.39 Å². The molecule has 0 bridgehead atoms. The van der Waals surface area contributed by atoms with Gasteiger partial charge in [0.25, 0.3) is 0 Å². The average Bonchev–Trinajstić information content (AvgIpc) is 2.93. The third-order valence-electron chi connectivity index (χ3n) is 5.05. The molecule has 1 aliphatic rings. The van der Waals surface area contributed by atoms with Crippen LogP contribution in [0.2, 0.25) is 0 Å². The molecule has 1 aromatic carbocycles. The van der Waals surface area contributed by atoms with Gasteiger partial charge < -0.3 is 9.88 Å². The number of aromatic amines is 1. The second-order valence-electron chi connectivity index (χ2n) is 6.59. The Bertz CT molecular complexity index is 859. The van der Waals surface area contributed by atoms with E-state index in [0.717, 1.165) is 54.2 Å². The van der Waals surface area contributed by atoms with Crippen LogP contribution in [0.1, 0.15) is 36.0 Å². The number of anilines is 1. The lowest BCUT2D eigenvalue weighted by molar-refractivity contribution is 0.489. The number of rotatable bonds is 2. The van der Waals surface area contributed by atoms with E-state index in [4.69, 9.17) is 0 Å². The molecule has 1 aliphatic heterocycles. The predicted molar refractivity (Wildman–Crippen MR) is 94.0 cm³/mol. The minimum atomic E-state index is -0.241. The molecule has 1 saturated heterocycles. The van der Waals surface area contributed by atoms with Crippen LogP contribution in [0.5, 0.6) is 0 Å². The number of H-pyrrole nitrogens is 1. The van der Waals surface area contributed by atoms with E-state index < -0.39 is 0 Å². The number of pyridine rings is 1. The van der Waals surface area contributed by atoms with Gasteiger partial charge in [0, 0.05) is 48.0 Å². The Balaban J connectivity index is 1.56. The fourth-order valence-corrected chi connectivity index (χ4v) is 3.54. The van der Waals surface area contributed by atoms with Crippen LogP contribution in [0.25, 0.3) is 10.9 Å². The van der Waals surface area contributed by atoms with Crippen molar-refractivity contribution in [2.45, 2.75) is 32.6 Å². The second-order valence-corrected chi connectivity index (χ2v) is 6.59. The van der Waals surface area contributed by atoms with Crippen molar-refractivity contribution in [1.82, 2.24) is 15.0 Å². The number of hydrogen-bond donors (Lipinski definition) is 1. The fourth-order valence-electron chi connectivity index (χ4n) is 3.54. The highest BCUT2D eigenvalue weighted by atomic mass is 19.1. The monoisotopic (exact) mass is 324 g/mol. The molecule has 0 spiro atoms. The van der Waals surface area contributed by atoms with Gasteiger partial charge in [-0.05, 0) is 44.9 Å². The lowest BCUT2D eigenvalue weighted by Gasteiger charge is -2.33. The molecule has 0 aliphatic carbocycles. The Morgan fingerprint density at radius 2 is 1.96 bits per heavy atom. The summed E-state index contributed by atoms with van der Waals surface area (Å²) in [5, 5.41) is 1.02. The highest BCUT2D eigenvalue weighted by molar-refractivity contribution is 5.91. The lowest BCUT2D eigenvalue weighted by Crippen LogP contribution is -2.33. The second kappa shape index (κ2) is 5.89. The average molecular weight is 324 g/mol. The summed E-state index contributed by atoms with van der Waals surface area (Å²) in [5.74, 6) is 1.36. The van der Waals surface area contributed by atoms with Crippen LogP contribution in [0, 0.1) is 19.7 Å². The van der Waals surface area contributed by atoms with Crippen molar-refractivity contribution in [2.24, 2.45) is 0 Å². The molecule has 1 fully saturated rings. The molecule has 3 aromatic rings. The van der Waals surface area contributed by atoms with E-state index in [2.05, 4.69) is 26.8 Å². The Kier molecular flexibility index (Phi) is 3.71. The topological polar surface area (TPSA) is 44.8 Å². The third-order valence-corrected chi connectivity index (χ3v) is 5.05. The van der Waals surface area contributed by atoms with Crippen LogP contribution >= 0.6 is 0 Å². The smallest absolute Gasteiger partial charge is 0.125 e. The van der Waals surface area contributed by atoms with Crippen molar-refractivity contribution >= 4 is 16.6 Å². The number of aromatic nitrogens is 3. The zero-order valence-electron chi connectivity index (χ0n) is 14.0. The van der Waals surface area contributed by atoms with Gasteiger partial charge in [-0.1, -0.05) is 0 Å². The van der Waals surface area contributed by atoms with Gasteiger partial charge in [0.05, 0.1) is 11.2 Å². The number of imidazole rings is 1. The normalized spacial score (nSPS) is 16.0. The van der Waals surface area contributed by atoms with Crippen molar-refractivity contribution in [3.8, 4) is 0 Å². The number of hydrogen-bond acceptors (Lipinski definition) is 3. The van der Waals surface area contributed by atoms with Crippen LogP contribution in [-0.2, 0) is 0 Å². The first-order valence-corrected chi connectivity index (χ1v) is 8.44. The van der Waals surface area contributed by atoms with Crippen molar-refractivity contribution < 1.29 is 4.39 Å². The van der Waals surface area contributed by atoms with Gasteiger partial charge in [0.15, 0.2) is 0 Å². The number of nitrogens with one attached hydrogen (secondary N) is 1. The zero-order valence-corrected chi connectivity index (χ0v) is 14.0. The molecule has 4 rings (SSSR count). The Morgan fingerprint density at radius 3 is 2.67 bits per heavy atom. The van der Waals surface area contributed by atoms with Gasteiger partial charge in [-0.3, -0.25) is 4.98 Å². The first-order valence-electron chi connectivity index (χ1n) is 8.44. The molecular formula is C19H21FN4. The fraction of sp³-hybridized carbons (Fsp3) is 0.368. The largest absolute Gasteiger partial charge is 0.371 e. The van der Waals surface area contributed by atoms with Crippen LogP contribution in [0.4, 0.5) is 10.1 Å². The summed E-state index contributed by atoms with van der Waals surface area (Å²) in [4.78, 5) is 14.8. The predicted octanol–water partition coefficient (Wildman–Crippen LogP) is 4.10.